The molecule has 1 spiro atoms. The fraction of sp³-hybridized carbons (Fsp3) is 0.650. The third kappa shape index (κ3) is 1.88. The summed E-state index contributed by atoms with van der Waals surface area (Å²) in [5.74, 6) is -0.319. The second kappa shape index (κ2) is 5.02. The van der Waals surface area contributed by atoms with Gasteiger partial charge in [-0.3, -0.25) is 0 Å². The van der Waals surface area contributed by atoms with Crippen molar-refractivity contribution in [2.24, 2.45) is 34.8 Å². The number of alkyl halides is 3. The van der Waals surface area contributed by atoms with Crippen LogP contribution in [-0.4, -0.2) is 26.8 Å². The molecule has 1 heterocycles. The van der Waals surface area contributed by atoms with Crippen LogP contribution in [0, 0.1) is 29.1 Å². The van der Waals surface area contributed by atoms with Gasteiger partial charge in [-0.25, -0.2) is 4.98 Å². The Morgan fingerprint density at radius 3 is 2.71 bits per heavy atom. The van der Waals surface area contributed by atoms with Crippen molar-refractivity contribution in [3.8, 4) is 0 Å². The van der Waals surface area contributed by atoms with E-state index in [2.05, 4.69) is 4.98 Å². The number of anilines is 1. The van der Waals surface area contributed by atoms with E-state index in [1.165, 1.54) is 4.57 Å². The van der Waals surface area contributed by atoms with Gasteiger partial charge in [-0.15, -0.1) is 0 Å². The Morgan fingerprint density at radius 1 is 1.18 bits per heavy atom. The van der Waals surface area contributed by atoms with Gasteiger partial charge in [0, 0.05) is 23.7 Å². The summed E-state index contributed by atoms with van der Waals surface area (Å²) in [7, 11) is 0. The monoisotopic (exact) mass is 392 g/mol. The molecule has 1 aromatic heterocycles. The molecule has 4 fully saturated rings. The highest BCUT2D eigenvalue weighted by Gasteiger charge is 2.72. The summed E-state index contributed by atoms with van der Waals surface area (Å²) in [6.07, 6.45) is -2.08. The van der Waals surface area contributed by atoms with E-state index in [0.29, 0.717) is 29.1 Å². The number of imidazole rings is 1. The summed E-state index contributed by atoms with van der Waals surface area (Å²) >= 11 is 0. The van der Waals surface area contributed by atoms with Crippen LogP contribution in [-0.2, 0) is 6.18 Å². The minimum Gasteiger partial charge on any atom is -0.399 e. The van der Waals surface area contributed by atoms with Crippen LogP contribution in [0.4, 0.5) is 18.9 Å². The Hall–Kier alpha value is -1.80. The maximum atomic E-state index is 14.0. The highest BCUT2D eigenvalue weighted by Crippen LogP contribution is 2.76. The van der Waals surface area contributed by atoms with Gasteiger partial charge in [0.2, 0.25) is 5.82 Å². The van der Waals surface area contributed by atoms with E-state index >= 15 is 0 Å². The molecule has 6 rings (SSSR count). The minimum absolute atomic E-state index is 0.0172. The first-order valence-electron chi connectivity index (χ1n) is 9.99. The van der Waals surface area contributed by atoms with Crippen molar-refractivity contribution in [1.29, 1.82) is 0 Å². The number of benzene rings is 1. The van der Waals surface area contributed by atoms with Gasteiger partial charge in [0.1, 0.15) is 0 Å². The minimum atomic E-state index is -4.57. The van der Waals surface area contributed by atoms with E-state index in [9.17, 15) is 18.3 Å². The highest BCUT2D eigenvalue weighted by molar-refractivity contribution is 5.80. The van der Waals surface area contributed by atoms with Gasteiger partial charge < -0.3 is 21.1 Å². The summed E-state index contributed by atoms with van der Waals surface area (Å²) in [6, 6.07) is 4.34. The van der Waals surface area contributed by atoms with Crippen LogP contribution in [0.15, 0.2) is 18.2 Å². The topological polar surface area (TPSA) is 90.1 Å². The number of hydrogen-bond acceptors (Lipinski definition) is 4. The number of nitrogens with two attached hydrogens (primary N) is 2. The summed E-state index contributed by atoms with van der Waals surface area (Å²) < 4.78 is 43.2. The van der Waals surface area contributed by atoms with Crippen LogP contribution in [0.2, 0.25) is 0 Å². The van der Waals surface area contributed by atoms with Crippen LogP contribution in [0.3, 0.4) is 0 Å². The van der Waals surface area contributed by atoms with Gasteiger partial charge in [0.05, 0.1) is 17.1 Å². The van der Waals surface area contributed by atoms with Gasteiger partial charge in [-0.2, -0.15) is 13.2 Å². The van der Waals surface area contributed by atoms with E-state index < -0.39 is 24.1 Å². The molecule has 4 saturated carbocycles. The molecule has 8 heteroatoms. The molecule has 4 aliphatic rings. The number of hydrogen-bond donors (Lipinski definition) is 3. The molecular formula is C20H23F3N4O. The number of rotatable bonds is 1. The van der Waals surface area contributed by atoms with Gasteiger partial charge in [0.25, 0.3) is 0 Å². The molecule has 2 aromatic rings. The lowest BCUT2D eigenvalue weighted by Gasteiger charge is -2.51. The Balaban J connectivity index is 1.58. The number of fused-ring (bicyclic) bond motifs is 3. The largest absolute Gasteiger partial charge is 0.449 e. The average molecular weight is 392 g/mol. The molecule has 5 nitrogen and oxygen atoms in total. The standard InChI is InChI=1S/C20H23F3N4O/c21-20(22,23)18-26-13-2-1-9(24)4-14(13)27(18)17-10-7-19-6-8(3-15(10)28)16(25)11(19)5-12(17)19/h1-2,4,8,10-12,15-17,28H,3,5-7,24-25H2. The lowest BCUT2D eigenvalue weighted by molar-refractivity contribution is -0.149. The van der Waals surface area contributed by atoms with E-state index in [1.807, 2.05) is 0 Å². The summed E-state index contributed by atoms with van der Waals surface area (Å²) in [4.78, 5) is 3.93. The second-order valence-corrected chi connectivity index (χ2v) is 9.44. The highest BCUT2D eigenvalue weighted by atomic mass is 19.4. The maximum Gasteiger partial charge on any atom is 0.449 e. The number of aliphatic hydroxyl groups is 1. The summed E-state index contributed by atoms with van der Waals surface area (Å²) in [5, 5.41) is 10.9. The average Bonchev–Trinajstić information content (AvgIpc) is 3.10. The second-order valence-electron chi connectivity index (χ2n) is 9.44. The van der Waals surface area contributed by atoms with Crippen molar-refractivity contribution in [2.75, 3.05) is 5.73 Å². The molecule has 0 saturated heterocycles. The molecule has 4 aliphatic carbocycles. The van der Waals surface area contributed by atoms with Crippen molar-refractivity contribution in [3.63, 3.8) is 0 Å². The fourth-order valence-electron chi connectivity index (χ4n) is 7.45. The van der Waals surface area contributed by atoms with Crippen LogP contribution in [0.25, 0.3) is 11.0 Å². The fourth-order valence-corrected chi connectivity index (χ4v) is 7.45. The molecule has 5 N–H and O–H groups in total. The van der Waals surface area contributed by atoms with Crippen molar-refractivity contribution >= 4 is 16.7 Å². The SMILES string of the molecule is Nc1ccc2nc(C(F)(F)F)n(C3C4CC56CC(CC4O)C(N)C5CC36)c2c1. The quantitative estimate of drug-likeness (QED) is 0.651. The molecule has 150 valence electrons. The smallest absolute Gasteiger partial charge is 0.399 e. The zero-order valence-corrected chi connectivity index (χ0v) is 15.2. The Labute approximate surface area is 159 Å². The van der Waals surface area contributed by atoms with E-state index in [-0.39, 0.29) is 29.2 Å². The molecule has 3 bridgehead atoms. The zero-order valence-electron chi connectivity index (χ0n) is 15.2. The van der Waals surface area contributed by atoms with E-state index in [0.717, 1.165) is 19.3 Å². The van der Waals surface area contributed by atoms with Gasteiger partial charge in [-0.05, 0) is 67.1 Å². The molecule has 1 aromatic carbocycles. The first-order valence-corrected chi connectivity index (χ1v) is 9.99. The number of aromatic nitrogens is 2. The van der Waals surface area contributed by atoms with E-state index in [4.69, 9.17) is 11.5 Å². The summed E-state index contributed by atoms with van der Waals surface area (Å²) in [6.45, 7) is 0. The van der Waals surface area contributed by atoms with Crippen LogP contribution < -0.4 is 11.5 Å². The number of halogens is 3. The molecular weight excluding hydrogens is 369 g/mol. The van der Waals surface area contributed by atoms with Gasteiger partial charge in [0.15, 0.2) is 0 Å². The molecule has 0 aliphatic heterocycles. The number of nitrogen functional groups attached to an aromatic ring is 1. The van der Waals surface area contributed by atoms with Crippen molar-refractivity contribution < 1.29 is 18.3 Å². The predicted molar refractivity (Wildman–Crippen MR) is 97.0 cm³/mol. The number of nitrogens with zero attached hydrogens (tertiary/aromatic N) is 2. The van der Waals surface area contributed by atoms with Crippen LogP contribution in [0.1, 0.15) is 37.5 Å². The van der Waals surface area contributed by atoms with Crippen LogP contribution in [0.5, 0.6) is 0 Å². The van der Waals surface area contributed by atoms with Crippen molar-refractivity contribution in [1.82, 2.24) is 9.55 Å². The Morgan fingerprint density at radius 2 is 1.96 bits per heavy atom. The lowest BCUT2D eigenvalue weighted by atomic mass is 9.54. The lowest BCUT2D eigenvalue weighted by Crippen LogP contribution is -2.50. The van der Waals surface area contributed by atoms with Gasteiger partial charge in [-0.1, -0.05) is 0 Å². The predicted octanol–water partition coefficient (Wildman–Crippen LogP) is 2.93. The zero-order chi connectivity index (χ0) is 19.6. The molecule has 28 heavy (non-hydrogen) atoms. The first-order chi connectivity index (χ1) is 13.2. The molecule has 0 radical (unpaired) electrons. The molecule has 8 unspecified atom stereocenters. The third-order valence-corrected chi connectivity index (χ3v) is 8.41. The van der Waals surface area contributed by atoms with Crippen LogP contribution >= 0.6 is 0 Å². The van der Waals surface area contributed by atoms with E-state index in [1.54, 1.807) is 18.2 Å². The third-order valence-electron chi connectivity index (χ3n) is 8.41. The number of aliphatic hydroxyl groups excluding tert-OH is 1. The van der Waals surface area contributed by atoms with Crippen molar-refractivity contribution in [2.45, 2.75) is 50.0 Å². The summed E-state index contributed by atoms with van der Waals surface area (Å²) in [5.41, 5.74) is 13.5. The Bertz CT molecular complexity index is 988. The molecule has 0 amide bonds. The maximum absolute atomic E-state index is 14.0. The van der Waals surface area contributed by atoms with Gasteiger partial charge >= 0.3 is 6.18 Å². The normalized spacial score (nSPS) is 44.0. The molecule has 8 atom stereocenters. The first kappa shape index (κ1) is 17.1. The Kier molecular flexibility index (Phi) is 3.07. The van der Waals surface area contributed by atoms with Crippen molar-refractivity contribution in [3.05, 3.63) is 24.0 Å².